The van der Waals surface area contributed by atoms with Gasteiger partial charge in [0.15, 0.2) is 0 Å². The van der Waals surface area contributed by atoms with Gasteiger partial charge >= 0.3 is 5.97 Å². The van der Waals surface area contributed by atoms with E-state index in [1.165, 1.54) is 0 Å². The Morgan fingerprint density at radius 2 is 2.06 bits per heavy atom. The predicted molar refractivity (Wildman–Crippen MR) is 68.0 cm³/mol. The van der Waals surface area contributed by atoms with Gasteiger partial charge < -0.3 is 14.9 Å². The van der Waals surface area contributed by atoms with Gasteiger partial charge in [0.25, 0.3) is 0 Å². The number of anilines is 1. The van der Waals surface area contributed by atoms with Crippen LogP contribution in [0.15, 0.2) is 18.2 Å². The summed E-state index contributed by atoms with van der Waals surface area (Å²) >= 11 is 0. The lowest BCUT2D eigenvalue weighted by molar-refractivity contribution is -0.129. The molecule has 0 aromatic heterocycles. The van der Waals surface area contributed by atoms with Crippen LogP contribution >= 0.6 is 0 Å². The van der Waals surface area contributed by atoms with Crippen LogP contribution in [-0.4, -0.2) is 48.6 Å². The first-order valence-corrected chi connectivity index (χ1v) is 5.82. The number of aryl methyl sites for hydroxylation is 1. The highest BCUT2D eigenvalue weighted by molar-refractivity contribution is 5.96. The fraction of sp³-hybridized carbons (Fsp3) is 0.385. The molecule has 1 aromatic carbocycles. The second-order valence-corrected chi connectivity index (χ2v) is 4.56. The van der Waals surface area contributed by atoms with Crippen molar-refractivity contribution < 1.29 is 14.7 Å². The van der Waals surface area contributed by atoms with Crippen LogP contribution in [0.25, 0.3) is 0 Å². The van der Waals surface area contributed by atoms with Crippen molar-refractivity contribution in [2.75, 3.05) is 31.6 Å². The number of aromatic carboxylic acids is 1. The van der Waals surface area contributed by atoms with Gasteiger partial charge in [-0.3, -0.25) is 4.79 Å². The molecular formula is C13H16N2O3. The molecule has 5 nitrogen and oxygen atoms in total. The molecule has 18 heavy (non-hydrogen) atoms. The maximum Gasteiger partial charge on any atom is 0.337 e. The van der Waals surface area contributed by atoms with Crippen molar-refractivity contribution in [1.29, 1.82) is 0 Å². The molecule has 96 valence electrons. The molecule has 1 aliphatic heterocycles. The topological polar surface area (TPSA) is 60.9 Å². The monoisotopic (exact) mass is 248 g/mol. The number of nitrogens with zero attached hydrogens (tertiary/aromatic N) is 2. The molecule has 0 aliphatic carbocycles. The zero-order valence-corrected chi connectivity index (χ0v) is 10.5. The molecule has 1 aliphatic rings. The molecule has 0 atom stereocenters. The smallest absolute Gasteiger partial charge is 0.337 e. The van der Waals surface area contributed by atoms with Gasteiger partial charge in [0.05, 0.1) is 17.8 Å². The molecule has 0 bridgehead atoms. The molecule has 0 unspecified atom stereocenters. The maximum atomic E-state index is 11.7. The van der Waals surface area contributed by atoms with E-state index in [0.717, 1.165) is 5.56 Å². The Bertz CT molecular complexity index is 499. The van der Waals surface area contributed by atoms with Crippen molar-refractivity contribution >= 4 is 17.6 Å². The number of carbonyl (C=O) groups excluding carboxylic acids is 1. The van der Waals surface area contributed by atoms with Gasteiger partial charge in [-0.15, -0.1) is 0 Å². The van der Waals surface area contributed by atoms with Crippen LogP contribution < -0.4 is 4.90 Å². The summed E-state index contributed by atoms with van der Waals surface area (Å²) in [6, 6.07) is 5.28. The molecule has 1 fully saturated rings. The van der Waals surface area contributed by atoms with E-state index >= 15 is 0 Å². The number of hydrogen-bond donors (Lipinski definition) is 1. The average molecular weight is 248 g/mol. The summed E-state index contributed by atoms with van der Waals surface area (Å²) < 4.78 is 0. The van der Waals surface area contributed by atoms with Crippen molar-refractivity contribution in [1.82, 2.24) is 4.90 Å². The number of carboxylic acids is 1. The minimum atomic E-state index is -0.958. The first-order chi connectivity index (χ1) is 8.49. The lowest BCUT2D eigenvalue weighted by atomic mass is 10.1. The Labute approximate surface area is 106 Å². The summed E-state index contributed by atoms with van der Waals surface area (Å²) in [5.74, 6) is -0.946. The van der Waals surface area contributed by atoms with Gasteiger partial charge in [-0.25, -0.2) is 4.79 Å². The van der Waals surface area contributed by atoms with E-state index in [4.69, 9.17) is 0 Å². The Morgan fingerprint density at radius 1 is 1.33 bits per heavy atom. The fourth-order valence-electron chi connectivity index (χ4n) is 2.06. The summed E-state index contributed by atoms with van der Waals surface area (Å²) in [6.45, 7) is 3.36. The van der Waals surface area contributed by atoms with Gasteiger partial charge in [0, 0.05) is 20.1 Å². The highest BCUT2D eigenvalue weighted by Gasteiger charge is 2.24. The Hall–Kier alpha value is -2.04. The summed E-state index contributed by atoms with van der Waals surface area (Å²) in [6.07, 6.45) is 0. The molecule has 1 saturated heterocycles. The molecule has 1 aromatic rings. The minimum Gasteiger partial charge on any atom is -0.478 e. The SMILES string of the molecule is Cc1ccc(N2CCN(C)C(=O)C2)c(C(=O)O)c1. The van der Waals surface area contributed by atoms with Crippen LogP contribution in [0.5, 0.6) is 0 Å². The normalized spacial score (nSPS) is 16.0. The van der Waals surface area contributed by atoms with Gasteiger partial charge in [-0.05, 0) is 19.1 Å². The lowest BCUT2D eigenvalue weighted by Crippen LogP contribution is -2.49. The molecule has 0 spiro atoms. The number of rotatable bonds is 2. The minimum absolute atomic E-state index is 0.0122. The van der Waals surface area contributed by atoms with Crippen LogP contribution in [0, 0.1) is 6.92 Å². The van der Waals surface area contributed by atoms with Gasteiger partial charge in [0.1, 0.15) is 0 Å². The van der Waals surface area contributed by atoms with E-state index in [2.05, 4.69) is 0 Å². The van der Waals surface area contributed by atoms with Crippen molar-refractivity contribution in [2.24, 2.45) is 0 Å². The first kappa shape index (κ1) is 12.4. The van der Waals surface area contributed by atoms with Crippen molar-refractivity contribution in [3.63, 3.8) is 0 Å². The van der Waals surface area contributed by atoms with Crippen LogP contribution in [0.3, 0.4) is 0 Å². The molecular weight excluding hydrogens is 232 g/mol. The van der Waals surface area contributed by atoms with E-state index in [1.54, 1.807) is 24.1 Å². The number of piperazine rings is 1. The second-order valence-electron chi connectivity index (χ2n) is 4.56. The zero-order chi connectivity index (χ0) is 13.3. The molecule has 1 N–H and O–H groups in total. The summed E-state index contributed by atoms with van der Waals surface area (Å²) in [7, 11) is 1.76. The number of amides is 1. The van der Waals surface area contributed by atoms with Gasteiger partial charge in [-0.1, -0.05) is 11.6 Å². The molecule has 5 heteroatoms. The summed E-state index contributed by atoms with van der Waals surface area (Å²) in [5.41, 5.74) is 1.78. The number of likely N-dealkylation sites (N-methyl/N-ethyl adjacent to an activating group) is 1. The van der Waals surface area contributed by atoms with E-state index < -0.39 is 5.97 Å². The largest absolute Gasteiger partial charge is 0.478 e. The zero-order valence-electron chi connectivity index (χ0n) is 10.5. The predicted octanol–water partition coefficient (Wildman–Crippen LogP) is 0.972. The van der Waals surface area contributed by atoms with Crippen molar-refractivity contribution in [2.45, 2.75) is 6.92 Å². The summed E-state index contributed by atoms with van der Waals surface area (Å²) in [5, 5.41) is 9.22. The molecule has 0 saturated carbocycles. The first-order valence-electron chi connectivity index (χ1n) is 5.82. The highest BCUT2D eigenvalue weighted by atomic mass is 16.4. The third-order valence-electron chi connectivity index (χ3n) is 3.18. The molecule has 1 amide bonds. The maximum absolute atomic E-state index is 11.7. The van der Waals surface area contributed by atoms with Crippen molar-refractivity contribution in [3.05, 3.63) is 29.3 Å². The number of hydrogen-bond acceptors (Lipinski definition) is 3. The van der Waals surface area contributed by atoms with Crippen LogP contribution in [0.2, 0.25) is 0 Å². The highest BCUT2D eigenvalue weighted by Crippen LogP contribution is 2.23. The quantitative estimate of drug-likeness (QED) is 0.847. The number of benzene rings is 1. The summed E-state index contributed by atoms with van der Waals surface area (Å²) in [4.78, 5) is 26.4. The lowest BCUT2D eigenvalue weighted by Gasteiger charge is -2.34. The van der Waals surface area contributed by atoms with Crippen LogP contribution in [-0.2, 0) is 4.79 Å². The average Bonchev–Trinajstić information content (AvgIpc) is 2.32. The van der Waals surface area contributed by atoms with Crippen molar-refractivity contribution in [3.8, 4) is 0 Å². The fourth-order valence-corrected chi connectivity index (χ4v) is 2.06. The van der Waals surface area contributed by atoms with E-state index in [1.807, 2.05) is 17.9 Å². The Kier molecular flexibility index (Phi) is 3.23. The Morgan fingerprint density at radius 3 is 2.67 bits per heavy atom. The standard InChI is InChI=1S/C13H16N2O3/c1-9-3-4-11(10(7-9)13(17)18)15-6-5-14(2)12(16)8-15/h3-4,7H,5-6,8H2,1-2H3,(H,17,18). The van der Waals surface area contributed by atoms with Gasteiger partial charge in [0.2, 0.25) is 5.91 Å². The third-order valence-corrected chi connectivity index (χ3v) is 3.18. The van der Waals surface area contributed by atoms with Gasteiger partial charge in [-0.2, -0.15) is 0 Å². The Balaban J connectivity index is 2.33. The second kappa shape index (κ2) is 4.68. The third kappa shape index (κ3) is 2.30. The number of carboxylic acid groups (broad SMARTS) is 1. The van der Waals surface area contributed by atoms with E-state index in [-0.39, 0.29) is 18.0 Å². The van der Waals surface area contributed by atoms with E-state index in [9.17, 15) is 14.7 Å². The number of carbonyl (C=O) groups is 2. The van der Waals surface area contributed by atoms with Crippen LogP contribution in [0.4, 0.5) is 5.69 Å². The molecule has 2 rings (SSSR count). The molecule has 1 heterocycles. The van der Waals surface area contributed by atoms with Crippen LogP contribution in [0.1, 0.15) is 15.9 Å². The molecule has 0 radical (unpaired) electrons. The van der Waals surface area contributed by atoms with E-state index in [0.29, 0.717) is 18.8 Å².